The van der Waals surface area contributed by atoms with E-state index in [2.05, 4.69) is 20.0 Å². The van der Waals surface area contributed by atoms with Crippen molar-refractivity contribution in [3.05, 3.63) is 35.7 Å². The Morgan fingerprint density at radius 1 is 1.26 bits per heavy atom. The molecule has 0 spiro atoms. The molecule has 2 heterocycles. The van der Waals surface area contributed by atoms with Gasteiger partial charge in [-0.2, -0.15) is 18.2 Å². The summed E-state index contributed by atoms with van der Waals surface area (Å²) in [6, 6.07) is 6.67. The highest BCUT2D eigenvalue weighted by molar-refractivity contribution is 5.79. The standard InChI is InChI=1S/C14H13F3N4O2/c15-14(16,17)13-19-12(20-23-13)10-3-1-9(2-4-10)8-21-6-5-18-7-11(21)22/h1-4,18H,5-8H2. The number of aromatic nitrogens is 2. The van der Waals surface area contributed by atoms with Gasteiger partial charge in [0.1, 0.15) is 0 Å². The molecule has 1 N–H and O–H groups in total. The fourth-order valence-electron chi connectivity index (χ4n) is 2.25. The summed E-state index contributed by atoms with van der Waals surface area (Å²) in [5, 5.41) is 6.32. The second kappa shape index (κ2) is 5.99. The number of rotatable bonds is 3. The summed E-state index contributed by atoms with van der Waals surface area (Å²) in [6.45, 7) is 2.15. The topological polar surface area (TPSA) is 71.3 Å². The minimum atomic E-state index is -4.66. The zero-order valence-electron chi connectivity index (χ0n) is 11.9. The highest BCUT2D eigenvalue weighted by Gasteiger charge is 2.38. The molecule has 23 heavy (non-hydrogen) atoms. The molecule has 1 aromatic carbocycles. The average molecular weight is 326 g/mol. The number of nitrogens with one attached hydrogen (secondary N) is 1. The molecule has 1 amide bonds. The molecule has 0 atom stereocenters. The largest absolute Gasteiger partial charge is 0.471 e. The second-order valence-corrected chi connectivity index (χ2v) is 5.11. The maximum absolute atomic E-state index is 12.4. The summed E-state index contributed by atoms with van der Waals surface area (Å²) in [5.74, 6) is -1.47. The van der Waals surface area contributed by atoms with E-state index in [-0.39, 0.29) is 11.7 Å². The van der Waals surface area contributed by atoms with E-state index in [0.717, 1.165) is 12.1 Å². The van der Waals surface area contributed by atoms with Crippen LogP contribution in [0.25, 0.3) is 11.4 Å². The molecular formula is C14H13F3N4O2. The summed E-state index contributed by atoms with van der Waals surface area (Å²) in [7, 11) is 0. The van der Waals surface area contributed by atoms with Gasteiger partial charge in [-0.3, -0.25) is 4.79 Å². The number of carbonyl (C=O) groups excluding carboxylic acids is 1. The van der Waals surface area contributed by atoms with E-state index in [1.165, 1.54) is 0 Å². The number of amides is 1. The fourth-order valence-corrected chi connectivity index (χ4v) is 2.25. The molecule has 0 radical (unpaired) electrons. The van der Waals surface area contributed by atoms with Gasteiger partial charge in [0.15, 0.2) is 0 Å². The Kier molecular flexibility index (Phi) is 4.03. The third-order valence-electron chi connectivity index (χ3n) is 3.44. The van der Waals surface area contributed by atoms with E-state index < -0.39 is 12.1 Å². The number of nitrogens with zero attached hydrogens (tertiary/aromatic N) is 3. The van der Waals surface area contributed by atoms with Crippen molar-refractivity contribution < 1.29 is 22.5 Å². The van der Waals surface area contributed by atoms with Gasteiger partial charge in [0.05, 0.1) is 6.54 Å². The van der Waals surface area contributed by atoms with Crippen LogP contribution in [0.15, 0.2) is 28.8 Å². The van der Waals surface area contributed by atoms with E-state index in [1.54, 1.807) is 29.2 Å². The minimum absolute atomic E-state index is 0.0216. The molecule has 0 unspecified atom stereocenters. The summed E-state index contributed by atoms with van der Waals surface area (Å²) in [6.07, 6.45) is -4.66. The maximum atomic E-state index is 12.4. The first kappa shape index (κ1) is 15.5. The Morgan fingerprint density at radius 3 is 2.61 bits per heavy atom. The third kappa shape index (κ3) is 3.50. The SMILES string of the molecule is O=C1CNCCN1Cc1ccc(-c2noc(C(F)(F)F)n2)cc1. The summed E-state index contributed by atoms with van der Waals surface area (Å²) < 4.78 is 41.5. The molecule has 2 aromatic rings. The first-order valence-electron chi connectivity index (χ1n) is 6.92. The smallest absolute Gasteiger partial charge is 0.336 e. The zero-order chi connectivity index (χ0) is 16.4. The van der Waals surface area contributed by atoms with Crippen molar-refractivity contribution in [1.82, 2.24) is 20.4 Å². The van der Waals surface area contributed by atoms with Crippen molar-refractivity contribution in [3.8, 4) is 11.4 Å². The Balaban J connectivity index is 1.72. The first-order chi connectivity index (χ1) is 10.9. The normalized spacial score (nSPS) is 16.0. The summed E-state index contributed by atoms with van der Waals surface area (Å²) in [5.41, 5.74) is 1.29. The van der Waals surface area contributed by atoms with Crippen LogP contribution in [-0.4, -0.2) is 40.6 Å². The highest BCUT2D eigenvalue weighted by Crippen LogP contribution is 2.29. The Bertz CT molecular complexity index is 697. The van der Waals surface area contributed by atoms with E-state index in [1.807, 2.05) is 0 Å². The zero-order valence-corrected chi connectivity index (χ0v) is 11.9. The third-order valence-corrected chi connectivity index (χ3v) is 3.44. The Labute approximate surface area is 129 Å². The van der Waals surface area contributed by atoms with Crippen LogP contribution in [0.5, 0.6) is 0 Å². The molecule has 0 saturated carbocycles. The van der Waals surface area contributed by atoms with Crippen molar-refractivity contribution >= 4 is 5.91 Å². The number of hydrogen-bond acceptors (Lipinski definition) is 5. The van der Waals surface area contributed by atoms with Crippen LogP contribution < -0.4 is 5.32 Å². The van der Waals surface area contributed by atoms with Crippen LogP contribution >= 0.6 is 0 Å². The van der Waals surface area contributed by atoms with E-state index in [0.29, 0.717) is 25.2 Å². The average Bonchev–Trinajstić information content (AvgIpc) is 3.00. The van der Waals surface area contributed by atoms with Crippen LogP contribution in [0.2, 0.25) is 0 Å². The van der Waals surface area contributed by atoms with Crippen molar-refractivity contribution in [1.29, 1.82) is 0 Å². The fraction of sp³-hybridized carbons (Fsp3) is 0.357. The number of piperazine rings is 1. The predicted molar refractivity (Wildman–Crippen MR) is 73.0 cm³/mol. The number of hydrogen-bond donors (Lipinski definition) is 1. The molecule has 1 aliphatic rings. The summed E-state index contributed by atoms with van der Waals surface area (Å²) >= 11 is 0. The molecule has 0 bridgehead atoms. The quantitative estimate of drug-likeness (QED) is 0.929. The molecule has 1 aliphatic heterocycles. The number of carbonyl (C=O) groups is 1. The van der Waals surface area contributed by atoms with Crippen molar-refractivity contribution in [2.45, 2.75) is 12.7 Å². The van der Waals surface area contributed by atoms with Crippen molar-refractivity contribution in [2.24, 2.45) is 0 Å². The Morgan fingerprint density at radius 2 is 2.00 bits per heavy atom. The van der Waals surface area contributed by atoms with Crippen molar-refractivity contribution in [2.75, 3.05) is 19.6 Å². The van der Waals surface area contributed by atoms with Gasteiger partial charge in [-0.15, -0.1) is 0 Å². The summed E-state index contributed by atoms with van der Waals surface area (Å²) in [4.78, 5) is 16.8. The van der Waals surface area contributed by atoms with Gasteiger partial charge in [-0.25, -0.2) is 0 Å². The lowest BCUT2D eigenvalue weighted by Gasteiger charge is -2.27. The monoisotopic (exact) mass is 326 g/mol. The van der Waals surface area contributed by atoms with Gasteiger partial charge in [0, 0.05) is 25.2 Å². The first-order valence-corrected chi connectivity index (χ1v) is 6.92. The van der Waals surface area contributed by atoms with Crippen LogP contribution in [0, 0.1) is 0 Å². The molecule has 9 heteroatoms. The van der Waals surface area contributed by atoms with E-state index in [4.69, 9.17) is 0 Å². The lowest BCUT2D eigenvalue weighted by molar-refractivity contribution is -0.159. The molecule has 0 aliphatic carbocycles. The van der Waals surface area contributed by atoms with Crippen LogP contribution in [-0.2, 0) is 17.5 Å². The number of halogens is 3. The maximum Gasteiger partial charge on any atom is 0.471 e. The van der Waals surface area contributed by atoms with E-state index in [9.17, 15) is 18.0 Å². The second-order valence-electron chi connectivity index (χ2n) is 5.11. The van der Waals surface area contributed by atoms with Crippen LogP contribution in [0.3, 0.4) is 0 Å². The molecule has 6 nitrogen and oxygen atoms in total. The van der Waals surface area contributed by atoms with Crippen LogP contribution in [0.1, 0.15) is 11.5 Å². The molecule has 3 rings (SSSR count). The van der Waals surface area contributed by atoms with Gasteiger partial charge in [-0.1, -0.05) is 29.4 Å². The number of benzene rings is 1. The lowest BCUT2D eigenvalue weighted by Crippen LogP contribution is -2.47. The number of alkyl halides is 3. The van der Waals surface area contributed by atoms with Gasteiger partial charge in [0.25, 0.3) is 0 Å². The van der Waals surface area contributed by atoms with Crippen LogP contribution in [0.4, 0.5) is 13.2 Å². The van der Waals surface area contributed by atoms with Gasteiger partial charge in [0.2, 0.25) is 11.7 Å². The van der Waals surface area contributed by atoms with Gasteiger partial charge >= 0.3 is 12.1 Å². The lowest BCUT2D eigenvalue weighted by atomic mass is 10.1. The van der Waals surface area contributed by atoms with E-state index >= 15 is 0 Å². The molecule has 1 aromatic heterocycles. The molecule has 1 fully saturated rings. The predicted octanol–water partition coefficient (Wildman–Crippen LogP) is 1.69. The molecule has 122 valence electrons. The Hall–Kier alpha value is -2.42. The van der Waals surface area contributed by atoms with Gasteiger partial charge < -0.3 is 14.7 Å². The molecular weight excluding hydrogens is 313 g/mol. The van der Waals surface area contributed by atoms with Gasteiger partial charge in [-0.05, 0) is 5.56 Å². The van der Waals surface area contributed by atoms with Crippen molar-refractivity contribution in [3.63, 3.8) is 0 Å². The highest BCUT2D eigenvalue weighted by atomic mass is 19.4. The molecule has 1 saturated heterocycles. The minimum Gasteiger partial charge on any atom is -0.336 e.